The van der Waals surface area contributed by atoms with Crippen molar-refractivity contribution in [1.29, 1.82) is 0 Å². The van der Waals surface area contributed by atoms with Crippen molar-refractivity contribution in [3.63, 3.8) is 0 Å². The van der Waals surface area contributed by atoms with Crippen molar-refractivity contribution in [2.45, 2.75) is 49.5 Å². The van der Waals surface area contributed by atoms with Gasteiger partial charge in [-0.2, -0.15) is 0 Å². The number of rotatable bonds is 7. The van der Waals surface area contributed by atoms with Crippen LogP contribution in [0.4, 0.5) is 0 Å². The van der Waals surface area contributed by atoms with Crippen molar-refractivity contribution in [3.05, 3.63) is 29.8 Å². The first kappa shape index (κ1) is 16.6. The van der Waals surface area contributed by atoms with Crippen LogP contribution in [0.15, 0.2) is 29.2 Å². The van der Waals surface area contributed by atoms with Gasteiger partial charge >= 0.3 is 0 Å². The van der Waals surface area contributed by atoms with E-state index in [1.54, 1.807) is 12.1 Å². The molecule has 0 bridgehead atoms. The van der Waals surface area contributed by atoms with Crippen LogP contribution < -0.4 is 0 Å². The molecule has 0 fully saturated rings. The average molecular weight is 300 g/mol. The quantitative estimate of drug-likeness (QED) is 0.753. The van der Waals surface area contributed by atoms with Crippen LogP contribution in [0.5, 0.6) is 0 Å². The molecule has 0 saturated heterocycles. The Bertz CT molecular complexity index is 477. The molecular formula is C15H24O2S2. The number of sulfone groups is 1. The largest absolute Gasteiger partial charge is 0.223 e. The first-order chi connectivity index (χ1) is 8.93. The molecular weight excluding hydrogens is 276 g/mol. The molecule has 0 aromatic heterocycles. The lowest BCUT2D eigenvalue weighted by Gasteiger charge is -2.22. The van der Waals surface area contributed by atoms with Gasteiger partial charge in [0, 0.05) is 0 Å². The van der Waals surface area contributed by atoms with Crippen LogP contribution in [0.3, 0.4) is 0 Å². The molecule has 4 heteroatoms. The maximum atomic E-state index is 12.7. The van der Waals surface area contributed by atoms with Gasteiger partial charge < -0.3 is 0 Å². The first-order valence-corrected chi connectivity index (χ1v) is 9.60. The van der Waals surface area contributed by atoms with Crippen LogP contribution in [0.25, 0.3) is 0 Å². The third kappa shape index (κ3) is 4.25. The molecule has 0 aliphatic carbocycles. The van der Waals surface area contributed by atoms with Gasteiger partial charge in [-0.3, -0.25) is 0 Å². The van der Waals surface area contributed by atoms with E-state index in [-0.39, 0.29) is 10.5 Å². The summed E-state index contributed by atoms with van der Waals surface area (Å²) in [6.45, 7) is 6.14. The standard InChI is InChI=1S/C15H24O2S2/c1-5-6-7-13(3)15(18-4)19(16,17)14-10-8-12(2)9-11-14/h8-11,13,15H,5-7H2,1-4H3/t13-,15-/m1/s1. The van der Waals surface area contributed by atoms with E-state index in [1.807, 2.05) is 32.2 Å². The van der Waals surface area contributed by atoms with Crippen LogP contribution in [0, 0.1) is 12.8 Å². The fourth-order valence-corrected chi connectivity index (χ4v) is 5.67. The zero-order valence-electron chi connectivity index (χ0n) is 12.2. The van der Waals surface area contributed by atoms with Crippen LogP contribution in [-0.2, 0) is 9.84 Å². The van der Waals surface area contributed by atoms with E-state index in [2.05, 4.69) is 6.92 Å². The Morgan fingerprint density at radius 1 is 1.21 bits per heavy atom. The number of hydrogen-bond acceptors (Lipinski definition) is 3. The lowest BCUT2D eigenvalue weighted by Crippen LogP contribution is -2.25. The molecule has 1 aromatic carbocycles. The van der Waals surface area contributed by atoms with E-state index in [9.17, 15) is 8.42 Å². The zero-order valence-corrected chi connectivity index (χ0v) is 13.9. The summed E-state index contributed by atoms with van der Waals surface area (Å²) in [6.07, 6.45) is 5.05. The summed E-state index contributed by atoms with van der Waals surface area (Å²) in [5, 5.41) is 0. The van der Waals surface area contributed by atoms with E-state index >= 15 is 0 Å². The van der Waals surface area contributed by atoms with Crippen LogP contribution in [-0.4, -0.2) is 19.3 Å². The van der Waals surface area contributed by atoms with Crippen molar-refractivity contribution < 1.29 is 8.42 Å². The molecule has 0 radical (unpaired) electrons. The van der Waals surface area contributed by atoms with Crippen molar-refractivity contribution in [3.8, 4) is 0 Å². The summed E-state index contributed by atoms with van der Waals surface area (Å²) in [5.41, 5.74) is 1.08. The highest BCUT2D eigenvalue weighted by Gasteiger charge is 2.31. The summed E-state index contributed by atoms with van der Waals surface area (Å²) in [5.74, 6) is 0.182. The molecule has 19 heavy (non-hydrogen) atoms. The molecule has 0 aliphatic heterocycles. The monoisotopic (exact) mass is 300 g/mol. The zero-order chi connectivity index (χ0) is 14.5. The molecule has 0 spiro atoms. The number of aryl methyl sites for hydroxylation is 1. The van der Waals surface area contributed by atoms with Gasteiger partial charge in [-0.1, -0.05) is 44.4 Å². The molecule has 1 rings (SSSR count). The van der Waals surface area contributed by atoms with Crippen LogP contribution in [0.2, 0.25) is 0 Å². The Hall–Kier alpha value is -0.480. The Morgan fingerprint density at radius 3 is 2.26 bits per heavy atom. The van der Waals surface area contributed by atoms with Gasteiger partial charge in [0.1, 0.15) is 4.58 Å². The molecule has 0 amide bonds. The SMILES string of the molecule is CCCC[C@@H](C)[C@H](SC)S(=O)(=O)c1ccc(C)cc1. The normalized spacial score (nSPS) is 15.2. The Balaban J connectivity index is 2.98. The Morgan fingerprint density at radius 2 is 1.79 bits per heavy atom. The average Bonchev–Trinajstić information content (AvgIpc) is 2.37. The molecule has 0 heterocycles. The Labute approximate surface area is 121 Å². The molecule has 0 unspecified atom stereocenters. The number of hydrogen-bond donors (Lipinski definition) is 0. The van der Waals surface area contributed by atoms with E-state index < -0.39 is 9.84 Å². The minimum Gasteiger partial charge on any atom is -0.223 e. The third-order valence-corrected chi connectivity index (χ3v) is 7.64. The van der Waals surface area contributed by atoms with Gasteiger partial charge in [-0.25, -0.2) is 8.42 Å². The van der Waals surface area contributed by atoms with Crippen molar-refractivity contribution in [2.24, 2.45) is 5.92 Å². The minimum absolute atomic E-state index is 0.182. The van der Waals surface area contributed by atoms with Gasteiger partial charge in [0.05, 0.1) is 4.90 Å². The topological polar surface area (TPSA) is 34.1 Å². The van der Waals surface area contributed by atoms with Crippen LogP contribution >= 0.6 is 11.8 Å². The van der Waals surface area contributed by atoms with Crippen molar-refractivity contribution in [1.82, 2.24) is 0 Å². The summed E-state index contributed by atoms with van der Waals surface area (Å²) in [7, 11) is -3.23. The van der Waals surface area contributed by atoms with Gasteiger partial charge in [-0.05, 0) is 37.7 Å². The molecule has 2 atom stereocenters. The second kappa shape index (κ2) is 7.34. The molecule has 0 aliphatic rings. The number of unbranched alkanes of at least 4 members (excludes halogenated alkanes) is 1. The second-order valence-corrected chi connectivity index (χ2v) is 8.43. The van der Waals surface area contributed by atoms with Gasteiger partial charge in [0.25, 0.3) is 0 Å². The van der Waals surface area contributed by atoms with Gasteiger partial charge in [0.2, 0.25) is 0 Å². The molecule has 2 nitrogen and oxygen atoms in total. The molecule has 108 valence electrons. The highest BCUT2D eigenvalue weighted by molar-refractivity contribution is 8.13. The predicted molar refractivity (Wildman–Crippen MR) is 84.4 cm³/mol. The third-order valence-electron chi connectivity index (χ3n) is 3.37. The maximum absolute atomic E-state index is 12.7. The van der Waals surface area contributed by atoms with E-state index in [1.165, 1.54) is 11.8 Å². The molecule has 1 aromatic rings. The van der Waals surface area contributed by atoms with E-state index in [0.717, 1.165) is 24.8 Å². The fraction of sp³-hybridized carbons (Fsp3) is 0.600. The lowest BCUT2D eigenvalue weighted by atomic mass is 10.1. The lowest BCUT2D eigenvalue weighted by molar-refractivity contribution is 0.515. The smallest absolute Gasteiger partial charge is 0.190 e. The summed E-state index contributed by atoms with van der Waals surface area (Å²) < 4.78 is 25.0. The van der Waals surface area contributed by atoms with Gasteiger partial charge in [0.15, 0.2) is 9.84 Å². The number of thioether (sulfide) groups is 1. The highest BCUT2D eigenvalue weighted by atomic mass is 32.3. The maximum Gasteiger partial charge on any atom is 0.190 e. The van der Waals surface area contributed by atoms with Gasteiger partial charge in [-0.15, -0.1) is 11.8 Å². The van der Waals surface area contributed by atoms with Crippen molar-refractivity contribution in [2.75, 3.05) is 6.26 Å². The highest BCUT2D eigenvalue weighted by Crippen LogP contribution is 2.31. The predicted octanol–water partition coefficient (Wildman–Crippen LogP) is 4.28. The van der Waals surface area contributed by atoms with Crippen molar-refractivity contribution >= 4 is 21.6 Å². The molecule has 0 N–H and O–H groups in total. The summed E-state index contributed by atoms with van der Waals surface area (Å²) >= 11 is 1.45. The number of benzene rings is 1. The molecule has 0 saturated carbocycles. The van der Waals surface area contributed by atoms with E-state index in [4.69, 9.17) is 0 Å². The summed E-state index contributed by atoms with van der Waals surface area (Å²) in [6, 6.07) is 7.17. The minimum atomic E-state index is -3.23. The summed E-state index contributed by atoms with van der Waals surface area (Å²) in [4.78, 5) is 0.445. The first-order valence-electron chi connectivity index (χ1n) is 6.76. The second-order valence-electron chi connectivity index (χ2n) is 5.08. The van der Waals surface area contributed by atoms with Crippen LogP contribution in [0.1, 0.15) is 38.7 Å². The van der Waals surface area contributed by atoms with E-state index in [0.29, 0.717) is 4.90 Å². The fourth-order valence-electron chi connectivity index (χ4n) is 2.19. The Kier molecular flexibility index (Phi) is 6.40.